The van der Waals surface area contributed by atoms with Crippen LogP contribution < -0.4 is 0 Å². The number of benzene rings is 1. The topological polar surface area (TPSA) is 32.7 Å². The highest BCUT2D eigenvalue weighted by Gasteiger charge is 2.45. The molecule has 104 valence electrons. The van der Waals surface area contributed by atoms with Crippen LogP contribution in [-0.2, 0) is 10.3 Å². The Morgan fingerprint density at radius 3 is 3.11 bits per heavy atom. The largest absolute Gasteiger partial charge is 0.508 e. The van der Waals surface area contributed by atoms with E-state index < -0.39 is 0 Å². The highest BCUT2D eigenvalue weighted by Crippen LogP contribution is 2.46. The van der Waals surface area contributed by atoms with Gasteiger partial charge < -0.3 is 14.7 Å². The number of phenols is 1. The standard InChI is InChI=1S/C16H23NO2/c1-17-9-10-19-16(8-3-2-5-14(16)12-17)13-6-4-7-15(18)11-13/h4,6-7,11,14,18H,2-3,5,8-10,12H2,1H3. The molecule has 0 spiro atoms. The van der Waals surface area contributed by atoms with E-state index in [0.29, 0.717) is 11.7 Å². The van der Waals surface area contributed by atoms with Gasteiger partial charge in [0.1, 0.15) is 5.75 Å². The van der Waals surface area contributed by atoms with Gasteiger partial charge in [-0.1, -0.05) is 25.0 Å². The van der Waals surface area contributed by atoms with Crippen LogP contribution in [0.4, 0.5) is 0 Å². The second-order valence-electron chi connectivity index (χ2n) is 5.99. The maximum Gasteiger partial charge on any atom is 0.115 e. The number of hydrogen-bond acceptors (Lipinski definition) is 3. The minimum atomic E-state index is -0.179. The van der Waals surface area contributed by atoms with Gasteiger partial charge in [0.25, 0.3) is 0 Å². The maximum atomic E-state index is 9.79. The van der Waals surface area contributed by atoms with Gasteiger partial charge in [0.2, 0.25) is 0 Å². The van der Waals surface area contributed by atoms with E-state index in [4.69, 9.17) is 4.74 Å². The van der Waals surface area contributed by atoms with Crippen LogP contribution in [0.25, 0.3) is 0 Å². The molecule has 1 aromatic rings. The van der Waals surface area contributed by atoms with Crippen molar-refractivity contribution in [2.45, 2.75) is 31.3 Å². The van der Waals surface area contributed by atoms with Gasteiger partial charge in [-0.15, -0.1) is 0 Å². The molecule has 1 aliphatic heterocycles. The van der Waals surface area contributed by atoms with Gasteiger partial charge in [0.15, 0.2) is 0 Å². The first-order valence-electron chi connectivity index (χ1n) is 7.33. The van der Waals surface area contributed by atoms with Crippen LogP contribution in [0.2, 0.25) is 0 Å². The Bertz CT molecular complexity index is 448. The smallest absolute Gasteiger partial charge is 0.115 e. The lowest BCUT2D eigenvalue weighted by atomic mass is 9.71. The molecule has 0 aromatic heterocycles. The number of ether oxygens (including phenoxy) is 1. The summed E-state index contributed by atoms with van der Waals surface area (Å²) in [6.45, 7) is 2.87. The molecule has 0 radical (unpaired) electrons. The number of likely N-dealkylation sites (N-methyl/N-ethyl adjacent to an activating group) is 1. The predicted octanol–water partition coefficient (Wildman–Crippen LogP) is 2.74. The summed E-state index contributed by atoms with van der Waals surface area (Å²) in [4.78, 5) is 2.38. The molecule has 3 heteroatoms. The zero-order valence-electron chi connectivity index (χ0n) is 11.6. The summed E-state index contributed by atoms with van der Waals surface area (Å²) in [5.41, 5.74) is 0.981. The Balaban J connectivity index is 2.00. The van der Waals surface area contributed by atoms with Crippen LogP contribution in [0.1, 0.15) is 31.2 Å². The highest BCUT2D eigenvalue weighted by atomic mass is 16.5. The molecule has 1 saturated carbocycles. The Hall–Kier alpha value is -1.06. The van der Waals surface area contributed by atoms with Crippen molar-refractivity contribution in [2.24, 2.45) is 5.92 Å². The molecular weight excluding hydrogens is 238 g/mol. The molecule has 3 rings (SSSR count). The Kier molecular flexibility index (Phi) is 3.50. The third-order valence-corrected chi connectivity index (χ3v) is 4.71. The molecule has 2 aliphatic rings. The first-order chi connectivity index (χ1) is 9.21. The average molecular weight is 261 g/mol. The first kappa shape index (κ1) is 12.9. The lowest BCUT2D eigenvalue weighted by Crippen LogP contribution is -2.42. The number of rotatable bonds is 1. The lowest BCUT2D eigenvalue weighted by molar-refractivity contribution is -0.101. The monoisotopic (exact) mass is 261 g/mol. The molecule has 2 unspecified atom stereocenters. The van der Waals surface area contributed by atoms with E-state index in [1.807, 2.05) is 12.1 Å². The number of phenolic OH excluding ortho intramolecular Hbond substituents is 1. The Labute approximate surface area is 115 Å². The number of hydrogen-bond donors (Lipinski definition) is 1. The fraction of sp³-hybridized carbons (Fsp3) is 0.625. The lowest BCUT2D eigenvalue weighted by Gasteiger charge is -2.43. The van der Waals surface area contributed by atoms with Gasteiger partial charge in [-0.3, -0.25) is 0 Å². The summed E-state index contributed by atoms with van der Waals surface area (Å²) >= 11 is 0. The van der Waals surface area contributed by atoms with E-state index in [1.165, 1.54) is 19.3 Å². The molecule has 0 bridgehead atoms. The van der Waals surface area contributed by atoms with Gasteiger partial charge in [-0.2, -0.15) is 0 Å². The summed E-state index contributed by atoms with van der Waals surface area (Å²) in [6, 6.07) is 7.68. The van der Waals surface area contributed by atoms with Gasteiger partial charge in [-0.25, -0.2) is 0 Å². The van der Waals surface area contributed by atoms with Crippen molar-refractivity contribution < 1.29 is 9.84 Å². The van der Waals surface area contributed by atoms with Crippen molar-refractivity contribution in [1.29, 1.82) is 0 Å². The number of aromatic hydroxyl groups is 1. The first-order valence-corrected chi connectivity index (χ1v) is 7.33. The summed E-state index contributed by atoms with van der Waals surface area (Å²) < 4.78 is 6.35. The van der Waals surface area contributed by atoms with Gasteiger partial charge >= 0.3 is 0 Å². The molecule has 1 aromatic carbocycles. The molecule has 2 atom stereocenters. The SMILES string of the molecule is CN1CCOC2(c3cccc(O)c3)CCCCC2C1. The molecule has 1 saturated heterocycles. The van der Waals surface area contributed by atoms with E-state index in [9.17, 15) is 5.11 Å². The van der Waals surface area contributed by atoms with Crippen LogP contribution in [0, 0.1) is 5.92 Å². The van der Waals surface area contributed by atoms with Crippen LogP contribution >= 0.6 is 0 Å². The van der Waals surface area contributed by atoms with Crippen molar-refractivity contribution in [2.75, 3.05) is 26.7 Å². The predicted molar refractivity (Wildman–Crippen MR) is 75.2 cm³/mol. The summed E-state index contributed by atoms with van der Waals surface area (Å²) in [6.07, 6.45) is 4.81. The quantitative estimate of drug-likeness (QED) is 0.843. The van der Waals surface area contributed by atoms with Crippen LogP contribution in [0.3, 0.4) is 0 Å². The van der Waals surface area contributed by atoms with Crippen molar-refractivity contribution in [3.63, 3.8) is 0 Å². The van der Waals surface area contributed by atoms with Crippen molar-refractivity contribution >= 4 is 0 Å². The zero-order valence-corrected chi connectivity index (χ0v) is 11.6. The summed E-state index contributed by atoms with van der Waals surface area (Å²) in [5, 5.41) is 9.79. The summed E-state index contributed by atoms with van der Waals surface area (Å²) in [5.74, 6) is 0.882. The van der Waals surface area contributed by atoms with Gasteiger partial charge in [0.05, 0.1) is 12.2 Å². The van der Waals surface area contributed by atoms with E-state index in [2.05, 4.69) is 18.0 Å². The second-order valence-corrected chi connectivity index (χ2v) is 5.99. The second kappa shape index (κ2) is 5.14. The van der Waals surface area contributed by atoms with E-state index in [1.54, 1.807) is 6.07 Å². The molecule has 19 heavy (non-hydrogen) atoms. The van der Waals surface area contributed by atoms with Crippen LogP contribution in [-0.4, -0.2) is 36.8 Å². The third kappa shape index (κ3) is 2.37. The molecule has 1 aliphatic carbocycles. The molecule has 2 fully saturated rings. The minimum Gasteiger partial charge on any atom is -0.508 e. The fourth-order valence-electron chi connectivity index (χ4n) is 3.73. The minimum absolute atomic E-state index is 0.179. The van der Waals surface area contributed by atoms with Crippen molar-refractivity contribution in [1.82, 2.24) is 4.90 Å². The maximum absolute atomic E-state index is 9.79. The molecule has 1 heterocycles. The van der Waals surface area contributed by atoms with Crippen LogP contribution in [0.5, 0.6) is 5.75 Å². The summed E-state index contributed by atoms with van der Waals surface area (Å²) in [7, 11) is 2.18. The van der Waals surface area contributed by atoms with E-state index in [-0.39, 0.29) is 5.60 Å². The number of fused-ring (bicyclic) bond motifs is 1. The molecule has 0 amide bonds. The van der Waals surface area contributed by atoms with E-state index >= 15 is 0 Å². The highest BCUT2D eigenvalue weighted by molar-refractivity contribution is 5.33. The molecule has 1 N–H and O–H groups in total. The fourth-order valence-corrected chi connectivity index (χ4v) is 3.73. The molecular formula is C16H23NO2. The van der Waals surface area contributed by atoms with Crippen molar-refractivity contribution in [3.05, 3.63) is 29.8 Å². The Morgan fingerprint density at radius 1 is 1.37 bits per heavy atom. The number of nitrogens with zero attached hydrogens (tertiary/aromatic N) is 1. The van der Waals surface area contributed by atoms with Gasteiger partial charge in [0, 0.05) is 19.0 Å². The normalized spacial score (nSPS) is 32.6. The van der Waals surface area contributed by atoms with Crippen LogP contribution in [0.15, 0.2) is 24.3 Å². The van der Waals surface area contributed by atoms with E-state index in [0.717, 1.165) is 31.7 Å². The Morgan fingerprint density at radius 2 is 2.26 bits per heavy atom. The zero-order chi connectivity index (χ0) is 13.3. The van der Waals surface area contributed by atoms with Gasteiger partial charge in [-0.05, 0) is 37.6 Å². The molecule has 3 nitrogen and oxygen atoms in total. The van der Waals surface area contributed by atoms with Crippen molar-refractivity contribution in [3.8, 4) is 5.75 Å². The third-order valence-electron chi connectivity index (χ3n) is 4.71. The average Bonchev–Trinajstić information content (AvgIpc) is 2.57.